The van der Waals surface area contributed by atoms with Gasteiger partial charge in [0.25, 0.3) is 0 Å². The first-order chi connectivity index (χ1) is 13.3. The van der Waals surface area contributed by atoms with Crippen molar-refractivity contribution in [3.63, 3.8) is 0 Å². The number of hydrogen-bond donors (Lipinski definition) is 0. The molecule has 0 saturated heterocycles. The zero-order valence-electron chi connectivity index (χ0n) is 15.0. The first-order valence-electron chi connectivity index (χ1n) is 8.82. The summed E-state index contributed by atoms with van der Waals surface area (Å²) in [5.41, 5.74) is 5.71. The number of nitriles is 1. The van der Waals surface area contributed by atoms with Crippen LogP contribution < -0.4 is 0 Å². The topological polar surface area (TPSA) is 54.5 Å². The van der Waals surface area contributed by atoms with E-state index in [0.717, 1.165) is 39.7 Å². The molecule has 0 unspecified atom stereocenters. The highest BCUT2D eigenvalue weighted by Gasteiger charge is 2.12. The fraction of sp³-hybridized carbons (Fsp3) is 0.136. The lowest BCUT2D eigenvalue weighted by Crippen LogP contribution is -2.02. The summed E-state index contributed by atoms with van der Waals surface area (Å²) in [6, 6.07) is 22.2. The van der Waals surface area contributed by atoms with Crippen molar-refractivity contribution in [2.45, 2.75) is 18.6 Å². The largest absolute Gasteiger partial charge is 0.299 e. The third-order valence-corrected chi connectivity index (χ3v) is 5.25. The van der Waals surface area contributed by atoms with Crippen molar-refractivity contribution in [2.24, 2.45) is 0 Å². The van der Waals surface area contributed by atoms with Crippen LogP contribution in [-0.2, 0) is 6.54 Å². The van der Waals surface area contributed by atoms with Crippen LogP contribution in [0.2, 0.25) is 0 Å². The lowest BCUT2D eigenvalue weighted by Gasteiger charge is -2.09. The molecule has 0 atom stereocenters. The number of thioether (sulfide) groups is 1. The Morgan fingerprint density at radius 2 is 1.85 bits per heavy atom. The summed E-state index contributed by atoms with van der Waals surface area (Å²) in [6.45, 7) is 2.85. The van der Waals surface area contributed by atoms with E-state index in [9.17, 15) is 5.26 Å². The Bertz CT molecular complexity index is 1120. The van der Waals surface area contributed by atoms with Crippen molar-refractivity contribution in [1.29, 1.82) is 5.26 Å². The van der Waals surface area contributed by atoms with Crippen molar-refractivity contribution in [3.05, 3.63) is 78.0 Å². The molecule has 2 aromatic carbocycles. The number of imidazole rings is 1. The molecule has 27 heavy (non-hydrogen) atoms. The maximum Gasteiger partial charge on any atom is 0.170 e. The number of fused-ring (bicyclic) bond motifs is 1. The molecular weight excluding hydrogens is 352 g/mol. The third kappa shape index (κ3) is 3.44. The Kier molecular flexibility index (Phi) is 4.91. The Morgan fingerprint density at radius 3 is 2.63 bits per heavy atom. The van der Waals surface area contributed by atoms with Gasteiger partial charge in [-0.25, -0.2) is 9.97 Å². The number of rotatable bonds is 5. The minimum Gasteiger partial charge on any atom is -0.299 e. The smallest absolute Gasteiger partial charge is 0.170 e. The van der Waals surface area contributed by atoms with Gasteiger partial charge in [-0.05, 0) is 40.6 Å². The second-order valence-electron chi connectivity index (χ2n) is 6.11. The van der Waals surface area contributed by atoms with E-state index in [1.54, 1.807) is 11.8 Å². The monoisotopic (exact) mass is 370 g/mol. The van der Waals surface area contributed by atoms with Crippen LogP contribution in [0.1, 0.15) is 18.1 Å². The average Bonchev–Trinajstić information content (AvgIpc) is 3.06. The van der Waals surface area contributed by atoms with Gasteiger partial charge in [-0.2, -0.15) is 5.26 Å². The van der Waals surface area contributed by atoms with Crippen LogP contribution in [0.3, 0.4) is 0 Å². The third-order valence-electron chi connectivity index (χ3n) is 4.40. The molecule has 0 fully saturated rings. The zero-order valence-corrected chi connectivity index (χ0v) is 15.8. The highest BCUT2D eigenvalue weighted by molar-refractivity contribution is 7.99. The standard InChI is InChI=1S/C22H18N4S/c1-2-27-22-25-20-8-5-13-24-21(20)26(22)15-16-9-11-17(12-10-16)19-7-4-3-6-18(19)14-23/h3-13H,2,15H2,1H3. The Labute approximate surface area is 162 Å². The minimum absolute atomic E-state index is 0.691. The van der Waals surface area contributed by atoms with Crippen molar-refractivity contribution >= 4 is 22.9 Å². The van der Waals surface area contributed by atoms with Crippen LogP contribution in [0, 0.1) is 11.3 Å². The van der Waals surface area contributed by atoms with E-state index in [0.29, 0.717) is 5.56 Å². The van der Waals surface area contributed by atoms with Gasteiger partial charge < -0.3 is 0 Å². The van der Waals surface area contributed by atoms with E-state index >= 15 is 0 Å². The van der Waals surface area contributed by atoms with Crippen LogP contribution in [0.5, 0.6) is 0 Å². The second kappa shape index (κ2) is 7.65. The number of nitrogens with zero attached hydrogens (tertiary/aromatic N) is 4. The molecule has 4 rings (SSSR count). The predicted molar refractivity (Wildman–Crippen MR) is 110 cm³/mol. The van der Waals surface area contributed by atoms with E-state index < -0.39 is 0 Å². The quantitative estimate of drug-likeness (QED) is 0.457. The van der Waals surface area contributed by atoms with Crippen LogP contribution in [0.25, 0.3) is 22.3 Å². The molecule has 5 heteroatoms. The number of pyridine rings is 1. The molecule has 2 heterocycles. The van der Waals surface area contributed by atoms with E-state index in [4.69, 9.17) is 4.98 Å². The molecule has 0 aliphatic rings. The summed E-state index contributed by atoms with van der Waals surface area (Å²) in [5.74, 6) is 0.965. The van der Waals surface area contributed by atoms with Gasteiger partial charge in [0.2, 0.25) is 0 Å². The van der Waals surface area contributed by atoms with Gasteiger partial charge in [0.1, 0.15) is 5.52 Å². The molecule has 4 nitrogen and oxygen atoms in total. The Balaban J connectivity index is 1.67. The van der Waals surface area contributed by atoms with Crippen LogP contribution in [0.4, 0.5) is 0 Å². The number of benzene rings is 2. The zero-order chi connectivity index (χ0) is 18.6. The van der Waals surface area contributed by atoms with Crippen LogP contribution >= 0.6 is 11.8 Å². The average molecular weight is 370 g/mol. The van der Waals surface area contributed by atoms with Crippen LogP contribution in [-0.4, -0.2) is 20.3 Å². The van der Waals surface area contributed by atoms with Gasteiger partial charge in [0.15, 0.2) is 10.8 Å². The summed E-state index contributed by atoms with van der Waals surface area (Å²) in [6.07, 6.45) is 1.81. The highest BCUT2D eigenvalue weighted by Crippen LogP contribution is 2.26. The molecule has 0 aliphatic carbocycles. The molecule has 0 N–H and O–H groups in total. The molecule has 2 aromatic heterocycles. The van der Waals surface area contributed by atoms with Crippen molar-refractivity contribution in [1.82, 2.24) is 14.5 Å². The first kappa shape index (κ1) is 17.3. The SMILES string of the molecule is CCSc1nc2cccnc2n1Cc1ccc(-c2ccccc2C#N)cc1. The van der Waals surface area contributed by atoms with Crippen molar-refractivity contribution in [3.8, 4) is 17.2 Å². The second-order valence-corrected chi connectivity index (χ2v) is 7.35. The lowest BCUT2D eigenvalue weighted by molar-refractivity contribution is 0.724. The van der Waals surface area contributed by atoms with E-state index in [1.807, 2.05) is 42.6 Å². The molecule has 0 aliphatic heterocycles. The molecule has 0 amide bonds. The van der Waals surface area contributed by atoms with Gasteiger partial charge in [-0.3, -0.25) is 4.57 Å². The number of aromatic nitrogens is 3. The highest BCUT2D eigenvalue weighted by atomic mass is 32.2. The van der Waals surface area contributed by atoms with Gasteiger partial charge in [-0.1, -0.05) is 61.2 Å². The first-order valence-corrected chi connectivity index (χ1v) is 9.81. The number of hydrogen-bond acceptors (Lipinski definition) is 4. The summed E-state index contributed by atoms with van der Waals surface area (Å²) in [5, 5.41) is 10.3. The maximum atomic E-state index is 9.32. The molecule has 0 spiro atoms. The summed E-state index contributed by atoms with van der Waals surface area (Å²) in [4.78, 5) is 9.23. The van der Waals surface area contributed by atoms with E-state index in [-0.39, 0.29) is 0 Å². The molecule has 132 valence electrons. The van der Waals surface area contributed by atoms with Gasteiger partial charge >= 0.3 is 0 Å². The normalized spacial score (nSPS) is 10.8. The van der Waals surface area contributed by atoms with Gasteiger partial charge in [-0.15, -0.1) is 0 Å². The van der Waals surface area contributed by atoms with Crippen LogP contribution in [0.15, 0.2) is 72.0 Å². The molecule has 0 bridgehead atoms. The summed E-state index contributed by atoms with van der Waals surface area (Å²) < 4.78 is 2.17. The lowest BCUT2D eigenvalue weighted by atomic mass is 9.99. The Hall–Kier alpha value is -3.10. The predicted octanol–water partition coefficient (Wildman–Crippen LogP) is 5.13. The summed E-state index contributed by atoms with van der Waals surface area (Å²) in [7, 11) is 0. The van der Waals surface area contributed by atoms with Gasteiger partial charge in [0, 0.05) is 6.20 Å². The van der Waals surface area contributed by atoms with E-state index in [1.165, 1.54) is 5.56 Å². The van der Waals surface area contributed by atoms with Crippen molar-refractivity contribution < 1.29 is 0 Å². The fourth-order valence-electron chi connectivity index (χ4n) is 3.12. The molecule has 4 aromatic rings. The fourth-order valence-corrected chi connectivity index (χ4v) is 3.85. The molecule has 0 radical (unpaired) electrons. The minimum atomic E-state index is 0.691. The van der Waals surface area contributed by atoms with Gasteiger partial charge in [0.05, 0.1) is 18.2 Å². The Morgan fingerprint density at radius 1 is 1.04 bits per heavy atom. The molecule has 0 saturated carbocycles. The summed E-state index contributed by atoms with van der Waals surface area (Å²) >= 11 is 1.73. The van der Waals surface area contributed by atoms with Crippen molar-refractivity contribution in [2.75, 3.05) is 5.75 Å². The molecular formula is C22H18N4S. The van der Waals surface area contributed by atoms with E-state index in [2.05, 4.69) is 46.8 Å². The maximum absolute atomic E-state index is 9.32.